The molecule has 0 heterocycles. The molecule has 0 saturated carbocycles. The van der Waals surface area contributed by atoms with Gasteiger partial charge in [0.1, 0.15) is 0 Å². The molecule has 1 rings (SSSR count). The third-order valence-corrected chi connectivity index (χ3v) is 6.73. The molecule has 0 aliphatic carbocycles. The first kappa shape index (κ1) is 19.4. The standard InChI is InChI=1S/C17H29O3PSi/c1-6-19-21(18,20-7-2)17(13-14-22(3,4)5)15-16-11-9-8-10-12-16/h8-14,17H,6-7,15H2,1-5H3/b14-13+. The lowest BCUT2D eigenvalue weighted by atomic mass is 10.1. The summed E-state index contributed by atoms with van der Waals surface area (Å²) >= 11 is 0. The second-order valence-corrected chi connectivity index (χ2v) is 13.7. The normalized spacial score (nSPS) is 14.4. The summed E-state index contributed by atoms with van der Waals surface area (Å²) in [6.45, 7) is 11.3. The second-order valence-electron chi connectivity index (χ2n) is 6.36. The van der Waals surface area contributed by atoms with E-state index in [9.17, 15) is 4.57 Å². The number of allylic oxidation sites excluding steroid dienone is 1. The molecule has 0 amide bonds. The quantitative estimate of drug-likeness (QED) is 0.452. The van der Waals surface area contributed by atoms with E-state index in [1.54, 1.807) is 0 Å². The van der Waals surface area contributed by atoms with Gasteiger partial charge in [0.05, 0.1) is 26.9 Å². The highest BCUT2D eigenvalue weighted by Crippen LogP contribution is 2.54. The summed E-state index contributed by atoms with van der Waals surface area (Å²) in [6.07, 6.45) is 2.73. The maximum absolute atomic E-state index is 13.2. The summed E-state index contributed by atoms with van der Waals surface area (Å²) in [5, 5.41) is 0. The second kappa shape index (κ2) is 8.83. The molecule has 0 aliphatic rings. The Labute approximate surface area is 136 Å². The van der Waals surface area contributed by atoms with Gasteiger partial charge in [0, 0.05) is 0 Å². The molecule has 0 aliphatic heterocycles. The Kier molecular flexibility index (Phi) is 7.77. The Bertz CT molecular complexity index is 498. The lowest BCUT2D eigenvalue weighted by Gasteiger charge is -2.25. The van der Waals surface area contributed by atoms with Gasteiger partial charge in [-0.1, -0.05) is 61.7 Å². The molecule has 1 atom stereocenters. The Balaban J connectivity index is 3.08. The molecule has 0 aromatic heterocycles. The first-order chi connectivity index (χ1) is 10.3. The van der Waals surface area contributed by atoms with Crippen LogP contribution in [0.1, 0.15) is 19.4 Å². The zero-order valence-corrected chi connectivity index (χ0v) is 16.3. The van der Waals surface area contributed by atoms with Crippen molar-refractivity contribution in [3.05, 3.63) is 47.7 Å². The minimum atomic E-state index is -3.15. The predicted molar refractivity (Wildman–Crippen MR) is 97.3 cm³/mol. The van der Waals surface area contributed by atoms with Crippen LogP contribution in [0, 0.1) is 0 Å². The fraction of sp³-hybridized carbons (Fsp3) is 0.529. The fourth-order valence-corrected chi connectivity index (χ4v) is 5.01. The molecule has 0 fully saturated rings. The summed E-state index contributed by atoms with van der Waals surface area (Å²) in [7, 11) is -4.52. The maximum Gasteiger partial charge on any atom is 0.337 e. The van der Waals surface area contributed by atoms with E-state index in [2.05, 4.69) is 43.5 Å². The highest BCUT2D eigenvalue weighted by atomic mass is 31.2. The van der Waals surface area contributed by atoms with Gasteiger partial charge >= 0.3 is 7.60 Å². The predicted octanol–water partition coefficient (Wildman–Crippen LogP) is 5.30. The van der Waals surface area contributed by atoms with E-state index in [1.165, 1.54) is 0 Å². The first-order valence-electron chi connectivity index (χ1n) is 7.93. The van der Waals surface area contributed by atoms with Crippen LogP contribution in [0.3, 0.4) is 0 Å². The molecule has 1 aromatic carbocycles. The van der Waals surface area contributed by atoms with Crippen molar-refractivity contribution in [3.8, 4) is 0 Å². The molecule has 0 bridgehead atoms. The van der Waals surface area contributed by atoms with Crippen LogP contribution < -0.4 is 0 Å². The van der Waals surface area contributed by atoms with E-state index in [1.807, 2.05) is 32.0 Å². The fourth-order valence-electron chi connectivity index (χ4n) is 2.13. The van der Waals surface area contributed by atoms with Crippen LogP contribution in [0.5, 0.6) is 0 Å². The van der Waals surface area contributed by atoms with Crippen molar-refractivity contribution in [3.63, 3.8) is 0 Å². The maximum atomic E-state index is 13.2. The lowest BCUT2D eigenvalue weighted by molar-refractivity contribution is 0.215. The molecule has 3 nitrogen and oxygen atoms in total. The summed E-state index contributed by atoms with van der Waals surface area (Å²) in [4.78, 5) is 0. The summed E-state index contributed by atoms with van der Waals surface area (Å²) in [6, 6.07) is 10.1. The van der Waals surface area contributed by atoms with Crippen molar-refractivity contribution in [2.24, 2.45) is 0 Å². The Morgan fingerprint density at radius 3 is 2.09 bits per heavy atom. The molecule has 0 N–H and O–H groups in total. The number of hydrogen-bond donors (Lipinski definition) is 0. The molecule has 0 radical (unpaired) electrons. The van der Waals surface area contributed by atoms with E-state index in [4.69, 9.17) is 9.05 Å². The summed E-state index contributed by atoms with van der Waals surface area (Å²) in [5.41, 5.74) is 3.14. The van der Waals surface area contributed by atoms with Crippen molar-refractivity contribution in [2.45, 2.75) is 45.6 Å². The van der Waals surface area contributed by atoms with Crippen LogP contribution in [0.15, 0.2) is 42.1 Å². The van der Waals surface area contributed by atoms with Gasteiger partial charge in [0.2, 0.25) is 0 Å². The molecular formula is C17H29O3PSi. The molecule has 1 aromatic rings. The summed E-state index contributed by atoms with van der Waals surface area (Å²) in [5.74, 6) is 0. The van der Waals surface area contributed by atoms with Crippen LogP contribution in [0.2, 0.25) is 19.6 Å². The van der Waals surface area contributed by atoms with Crippen molar-refractivity contribution in [1.29, 1.82) is 0 Å². The molecule has 5 heteroatoms. The van der Waals surface area contributed by atoms with E-state index >= 15 is 0 Å². The third kappa shape index (κ3) is 6.61. The van der Waals surface area contributed by atoms with Gasteiger partial charge in [-0.2, -0.15) is 0 Å². The number of benzene rings is 1. The minimum Gasteiger partial charge on any atom is -0.308 e. The smallest absolute Gasteiger partial charge is 0.308 e. The van der Waals surface area contributed by atoms with E-state index < -0.39 is 15.7 Å². The Morgan fingerprint density at radius 1 is 1.09 bits per heavy atom. The monoisotopic (exact) mass is 340 g/mol. The average molecular weight is 340 g/mol. The minimum absolute atomic E-state index is 0.235. The number of hydrogen-bond acceptors (Lipinski definition) is 3. The van der Waals surface area contributed by atoms with E-state index in [0.717, 1.165) is 5.56 Å². The van der Waals surface area contributed by atoms with E-state index in [0.29, 0.717) is 19.6 Å². The van der Waals surface area contributed by atoms with Crippen LogP contribution in [0.4, 0.5) is 0 Å². The van der Waals surface area contributed by atoms with Gasteiger partial charge in [0.25, 0.3) is 0 Å². The first-order valence-corrected chi connectivity index (χ1v) is 13.1. The Morgan fingerprint density at radius 2 is 1.64 bits per heavy atom. The molecule has 0 saturated heterocycles. The van der Waals surface area contributed by atoms with Gasteiger partial charge < -0.3 is 9.05 Å². The SMILES string of the molecule is CCOP(=O)(OCC)C(/C=C/[Si](C)(C)C)Cc1ccccc1. The van der Waals surface area contributed by atoms with Gasteiger partial charge in [-0.25, -0.2) is 0 Å². The Hall–Kier alpha value is -0.673. The highest BCUT2D eigenvalue weighted by Gasteiger charge is 2.34. The van der Waals surface area contributed by atoms with Crippen molar-refractivity contribution < 1.29 is 13.6 Å². The van der Waals surface area contributed by atoms with Crippen LogP contribution >= 0.6 is 7.60 Å². The van der Waals surface area contributed by atoms with Gasteiger partial charge in [-0.15, -0.1) is 0 Å². The van der Waals surface area contributed by atoms with Crippen molar-refractivity contribution in [2.75, 3.05) is 13.2 Å². The zero-order valence-electron chi connectivity index (χ0n) is 14.4. The molecule has 22 heavy (non-hydrogen) atoms. The summed E-state index contributed by atoms with van der Waals surface area (Å²) < 4.78 is 24.3. The van der Waals surface area contributed by atoms with Crippen molar-refractivity contribution >= 4 is 15.7 Å². The van der Waals surface area contributed by atoms with E-state index in [-0.39, 0.29) is 5.66 Å². The average Bonchev–Trinajstić information content (AvgIpc) is 2.44. The highest BCUT2D eigenvalue weighted by molar-refractivity contribution is 7.54. The molecule has 1 unspecified atom stereocenters. The van der Waals surface area contributed by atoms with Crippen LogP contribution in [-0.4, -0.2) is 26.9 Å². The molecule has 124 valence electrons. The largest absolute Gasteiger partial charge is 0.337 e. The zero-order chi connectivity index (χ0) is 16.6. The van der Waals surface area contributed by atoms with Gasteiger partial charge in [-0.05, 0) is 25.8 Å². The van der Waals surface area contributed by atoms with Gasteiger partial charge in [0.15, 0.2) is 0 Å². The lowest BCUT2D eigenvalue weighted by Crippen LogP contribution is -2.19. The number of rotatable bonds is 9. The molecule has 0 spiro atoms. The van der Waals surface area contributed by atoms with Gasteiger partial charge in [-0.3, -0.25) is 4.57 Å². The van der Waals surface area contributed by atoms with Crippen LogP contribution in [-0.2, 0) is 20.0 Å². The third-order valence-electron chi connectivity index (χ3n) is 3.13. The van der Waals surface area contributed by atoms with Crippen LogP contribution in [0.25, 0.3) is 0 Å². The molecular weight excluding hydrogens is 311 g/mol. The topological polar surface area (TPSA) is 35.5 Å². The van der Waals surface area contributed by atoms with Crippen molar-refractivity contribution in [1.82, 2.24) is 0 Å².